The molecule has 0 saturated heterocycles. The van der Waals surface area contributed by atoms with Gasteiger partial charge in [-0.25, -0.2) is 9.97 Å². The second kappa shape index (κ2) is 5.18. The van der Waals surface area contributed by atoms with Crippen molar-refractivity contribution in [1.82, 2.24) is 20.3 Å². The molecule has 0 radical (unpaired) electrons. The van der Waals surface area contributed by atoms with Crippen molar-refractivity contribution in [2.24, 2.45) is 0 Å². The first-order valence-electron chi connectivity index (χ1n) is 5.49. The van der Waals surface area contributed by atoms with Gasteiger partial charge in [0.2, 0.25) is 0 Å². The molecule has 0 fully saturated rings. The largest absolute Gasteiger partial charge is 0.351 e. The van der Waals surface area contributed by atoms with E-state index in [0.717, 1.165) is 12.2 Å². The highest BCUT2D eigenvalue weighted by Gasteiger charge is 2.13. The standard InChI is InChI=1S/C11H14N4OS/c1-2-8-14-9-7(11(16)13-5-6-17)3-4-12-10(9)15-8/h3-4,17H,2,5-6H2,1H3,(H,13,16)(H,12,14,15). The van der Waals surface area contributed by atoms with Crippen LogP contribution in [0.5, 0.6) is 0 Å². The van der Waals surface area contributed by atoms with Crippen LogP contribution in [0.15, 0.2) is 12.3 Å². The first-order chi connectivity index (χ1) is 8.26. The lowest BCUT2D eigenvalue weighted by molar-refractivity contribution is 0.0957. The minimum absolute atomic E-state index is 0.127. The first-order valence-corrected chi connectivity index (χ1v) is 6.12. The maximum atomic E-state index is 11.9. The number of aromatic amines is 1. The van der Waals surface area contributed by atoms with Crippen molar-refractivity contribution in [3.05, 3.63) is 23.7 Å². The van der Waals surface area contributed by atoms with Crippen molar-refractivity contribution in [2.75, 3.05) is 12.3 Å². The van der Waals surface area contributed by atoms with E-state index in [2.05, 4.69) is 32.9 Å². The molecule has 90 valence electrons. The van der Waals surface area contributed by atoms with Gasteiger partial charge >= 0.3 is 0 Å². The number of nitrogens with zero attached hydrogens (tertiary/aromatic N) is 2. The molecule has 2 heterocycles. The summed E-state index contributed by atoms with van der Waals surface area (Å²) in [7, 11) is 0. The smallest absolute Gasteiger partial charge is 0.253 e. The summed E-state index contributed by atoms with van der Waals surface area (Å²) in [6.45, 7) is 2.54. The molecule has 0 atom stereocenters. The number of pyridine rings is 1. The molecule has 0 aliphatic heterocycles. The van der Waals surface area contributed by atoms with Gasteiger partial charge in [-0.2, -0.15) is 12.6 Å². The van der Waals surface area contributed by atoms with Gasteiger partial charge in [-0.1, -0.05) is 6.92 Å². The molecule has 5 nitrogen and oxygen atoms in total. The Hall–Kier alpha value is -1.56. The van der Waals surface area contributed by atoms with E-state index in [1.807, 2.05) is 6.92 Å². The number of carbonyl (C=O) groups is 1. The Labute approximate surface area is 104 Å². The lowest BCUT2D eigenvalue weighted by atomic mass is 10.2. The second-order valence-corrected chi connectivity index (χ2v) is 4.02. The summed E-state index contributed by atoms with van der Waals surface area (Å²) in [4.78, 5) is 23.4. The number of carbonyl (C=O) groups excluding carboxylic acids is 1. The zero-order valence-electron chi connectivity index (χ0n) is 9.53. The van der Waals surface area contributed by atoms with Crippen LogP contribution >= 0.6 is 12.6 Å². The van der Waals surface area contributed by atoms with Gasteiger partial charge in [0.25, 0.3) is 5.91 Å². The fourth-order valence-electron chi connectivity index (χ4n) is 1.58. The van der Waals surface area contributed by atoms with E-state index in [-0.39, 0.29) is 5.91 Å². The predicted octanol–water partition coefficient (Wildman–Crippen LogP) is 1.18. The Morgan fingerprint density at radius 1 is 1.59 bits per heavy atom. The van der Waals surface area contributed by atoms with Crippen molar-refractivity contribution in [2.45, 2.75) is 13.3 Å². The number of H-pyrrole nitrogens is 1. The molecule has 0 aromatic carbocycles. The summed E-state index contributed by atoms with van der Waals surface area (Å²) < 4.78 is 0. The molecule has 0 aliphatic carbocycles. The number of rotatable bonds is 4. The predicted molar refractivity (Wildman–Crippen MR) is 69.5 cm³/mol. The molecule has 2 aromatic rings. The van der Waals surface area contributed by atoms with Gasteiger partial charge in [-0.15, -0.1) is 0 Å². The molecule has 0 aliphatic rings. The van der Waals surface area contributed by atoms with Gasteiger partial charge in [0.15, 0.2) is 5.65 Å². The van der Waals surface area contributed by atoms with Crippen LogP contribution in [0.4, 0.5) is 0 Å². The summed E-state index contributed by atoms with van der Waals surface area (Å²) in [5.74, 6) is 1.32. The Morgan fingerprint density at radius 3 is 3.12 bits per heavy atom. The molecule has 0 bridgehead atoms. The Kier molecular flexibility index (Phi) is 3.63. The van der Waals surface area contributed by atoms with Crippen LogP contribution in [0, 0.1) is 0 Å². The van der Waals surface area contributed by atoms with Crippen molar-refractivity contribution in [1.29, 1.82) is 0 Å². The number of aryl methyl sites for hydroxylation is 1. The van der Waals surface area contributed by atoms with Crippen LogP contribution in [-0.2, 0) is 6.42 Å². The molecule has 6 heteroatoms. The third-order valence-electron chi connectivity index (χ3n) is 2.42. The summed E-state index contributed by atoms with van der Waals surface area (Å²) in [6, 6.07) is 1.69. The van der Waals surface area contributed by atoms with E-state index >= 15 is 0 Å². The number of aromatic nitrogens is 3. The lowest BCUT2D eigenvalue weighted by Crippen LogP contribution is -2.25. The average molecular weight is 250 g/mol. The maximum Gasteiger partial charge on any atom is 0.253 e. The minimum atomic E-state index is -0.127. The number of amides is 1. The highest BCUT2D eigenvalue weighted by molar-refractivity contribution is 7.80. The zero-order chi connectivity index (χ0) is 12.3. The Balaban J connectivity index is 2.39. The number of thiol groups is 1. The molecular weight excluding hydrogens is 236 g/mol. The first kappa shape index (κ1) is 11.9. The normalized spacial score (nSPS) is 10.7. The minimum Gasteiger partial charge on any atom is -0.351 e. The van der Waals surface area contributed by atoms with Crippen LogP contribution in [0.2, 0.25) is 0 Å². The van der Waals surface area contributed by atoms with Crippen molar-refractivity contribution in [3.8, 4) is 0 Å². The SMILES string of the molecule is CCc1nc2nccc(C(=O)NCCS)c2[nH]1. The summed E-state index contributed by atoms with van der Waals surface area (Å²) in [6.07, 6.45) is 2.38. The van der Waals surface area contributed by atoms with Crippen LogP contribution < -0.4 is 5.32 Å². The summed E-state index contributed by atoms with van der Waals surface area (Å²) >= 11 is 4.05. The molecular formula is C11H14N4OS. The number of imidazole rings is 1. The van der Waals surface area contributed by atoms with E-state index in [4.69, 9.17) is 0 Å². The molecule has 2 N–H and O–H groups in total. The van der Waals surface area contributed by atoms with Gasteiger partial charge in [-0.3, -0.25) is 4.79 Å². The van der Waals surface area contributed by atoms with E-state index in [1.165, 1.54) is 0 Å². The van der Waals surface area contributed by atoms with Crippen LogP contribution in [0.1, 0.15) is 23.1 Å². The van der Waals surface area contributed by atoms with Gasteiger partial charge < -0.3 is 10.3 Å². The lowest BCUT2D eigenvalue weighted by Gasteiger charge is -2.03. The van der Waals surface area contributed by atoms with Crippen LogP contribution in [-0.4, -0.2) is 33.2 Å². The third kappa shape index (κ3) is 2.41. The molecule has 1 amide bonds. The number of nitrogens with one attached hydrogen (secondary N) is 2. The monoisotopic (exact) mass is 250 g/mol. The Morgan fingerprint density at radius 2 is 2.41 bits per heavy atom. The maximum absolute atomic E-state index is 11.9. The van der Waals surface area contributed by atoms with Crippen molar-refractivity contribution >= 4 is 29.7 Å². The van der Waals surface area contributed by atoms with Gasteiger partial charge in [0.05, 0.1) is 11.1 Å². The van der Waals surface area contributed by atoms with E-state index in [1.54, 1.807) is 12.3 Å². The molecule has 17 heavy (non-hydrogen) atoms. The van der Waals surface area contributed by atoms with E-state index in [0.29, 0.717) is 29.0 Å². The van der Waals surface area contributed by atoms with E-state index < -0.39 is 0 Å². The third-order valence-corrected chi connectivity index (χ3v) is 2.64. The molecule has 2 rings (SSSR count). The fourth-order valence-corrected chi connectivity index (χ4v) is 1.69. The molecule has 0 saturated carbocycles. The highest BCUT2D eigenvalue weighted by atomic mass is 32.1. The van der Waals surface area contributed by atoms with Crippen molar-refractivity contribution < 1.29 is 4.79 Å². The molecule has 0 spiro atoms. The van der Waals surface area contributed by atoms with Crippen LogP contribution in [0.3, 0.4) is 0 Å². The number of fused-ring (bicyclic) bond motifs is 1. The number of hydrogen-bond donors (Lipinski definition) is 3. The fraction of sp³-hybridized carbons (Fsp3) is 0.364. The van der Waals surface area contributed by atoms with Gasteiger partial charge in [0.1, 0.15) is 5.82 Å². The summed E-state index contributed by atoms with van der Waals surface area (Å²) in [5.41, 5.74) is 1.85. The molecule has 2 aromatic heterocycles. The van der Waals surface area contributed by atoms with Gasteiger partial charge in [0, 0.05) is 24.9 Å². The number of hydrogen-bond acceptors (Lipinski definition) is 4. The van der Waals surface area contributed by atoms with E-state index in [9.17, 15) is 4.79 Å². The van der Waals surface area contributed by atoms with Crippen molar-refractivity contribution in [3.63, 3.8) is 0 Å². The topological polar surface area (TPSA) is 70.7 Å². The molecule has 0 unspecified atom stereocenters. The quantitative estimate of drug-likeness (QED) is 0.714. The highest BCUT2D eigenvalue weighted by Crippen LogP contribution is 2.14. The average Bonchev–Trinajstić information content (AvgIpc) is 2.78. The van der Waals surface area contributed by atoms with Crippen LogP contribution in [0.25, 0.3) is 11.2 Å². The summed E-state index contributed by atoms with van der Waals surface area (Å²) in [5, 5.41) is 2.78. The zero-order valence-corrected chi connectivity index (χ0v) is 10.4. The van der Waals surface area contributed by atoms with Gasteiger partial charge in [-0.05, 0) is 6.07 Å². The Bertz CT molecular complexity index is 537. The second-order valence-electron chi connectivity index (χ2n) is 3.57.